The van der Waals surface area contributed by atoms with Crippen LogP contribution in [0.1, 0.15) is 19.3 Å². The Balaban J connectivity index is 1.36. The number of hydrogen-bond donors (Lipinski definition) is 1. The van der Waals surface area contributed by atoms with E-state index in [0.717, 1.165) is 37.3 Å². The van der Waals surface area contributed by atoms with Crippen LogP contribution in [0.4, 0.5) is 10.5 Å². The van der Waals surface area contributed by atoms with E-state index in [-0.39, 0.29) is 6.03 Å². The maximum absolute atomic E-state index is 12.6. The number of urea groups is 1. The van der Waals surface area contributed by atoms with E-state index < -0.39 is 0 Å². The van der Waals surface area contributed by atoms with Crippen molar-refractivity contribution in [3.05, 3.63) is 30.5 Å². The molecule has 5 nitrogen and oxygen atoms in total. The number of anilines is 1. The number of fused-ring (bicyclic) bond motifs is 1. The minimum Gasteiger partial charge on any atom is -0.350 e. The first-order valence-electron chi connectivity index (χ1n) is 9.02. The van der Waals surface area contributed by atoms with Crippen molar-refractivity contribution in [1.29, 1.82) is 0 Å². The Kier molecular flexibility index (Phi) is 4.19. The molecule has 2 amide bonds. The van der Waals surface area contributed by atoms with Crippen molar-refractivity contribution in [2.45, 2.75) is 19.3 Å². The van der Waals surface area contributed by atoms with Crippen LogP contribution in [-0.2, 0) is 7.05 Å². The monoisotopic (exact) mass is 326 g/mol. The number of likely N-dealkylation sites (tertiary alicyclic amines) is 2. The van der Waals surface area contributed by atoms with Crippen molar-refractivity contribution in [3.8, 4) is 0 Å². The topological polar surface area (TPSA) is 40.5 Å². The van der Waals surface area contributed by atoms with Gasteiger partial charge in [-0.3, -0.25) is 0 Å². The Hall–Kier alpha value is -2.01. The molecule has 0 spiro atoms. The van der Waals surface area contributed by atoms with E-state index in [2.05, 4.69) is 26.9 Å². The number of amides is 2. The number of aromatic nitrogens is 1. The molecule has 128 valence electrons. The number of benzene rings is 1. The summed E-state index contributed by atoms with van der Waals surface area (Å²) in [5, 5.41) is 4.26. The molecule has 1 aromatic carbocycles. The van der Waals surface area contributed by atoms with Crippen LogP contribution in [0.15, 0.2) is 30.5 Å². The van der Waals surface area contributed by atoms with Crippen LogP contribution < -0.4 is 5.32 Å². The van der Waals surface area contributed by atoms with Gasteiger partial charge >= 0.3 is 6.03 Å². The maximum atomic E-state index is 12.6. The molecular weight excluding hydrogens is 300 g/mol. The summed E-state index contributed by atoms with van der Waals surface area (Å²) in [7, 11) is 2.03. The van der Waals surface area contributed by atoms with Gasteiger partial charge in [0, 0.05) is 44.1 Å². The van der Waals surface area contributed by atoms with Crippen LogP contribution in [0, 0.1) is 5.92 Å². The van der Waals surface area contributed by atoms with E-state index in [1.807, 2.05) is 30.3 Å². The lowest BCUT2D eigenvalue weighted by atomic mass is 10.1. The zero-order chi connectivity index (χ0) is 16.5. The lowest BCUT2D eigenvalue weighted by Gasteiger charge is -2.21. The van der Waals surface area contributed by atoms with E-state index in [9.17, 15) is 4.79 Å². The van der Waals surface area contributed by atoms with Crippen LogP contribution in [0.25, 0.3) is 10.9 Å². The molecule has 2 aliphatic heterocycles. The third kappa shape index (κ3) is 3.13. The Morgan fingerprint density at radius 3 is 2.88 bits per heavy atom. The second kappa shape index (κ2) is 6.48. The van der Waals surface area contributed by atoms with Gasteiger partial charge in [-0.25, -0.2) is 4.79 Å². The summed E-state index contributed by atoms with van der Waals surface area (Å²) in [6.45, 7) is 5.38. The van der Waals surface area contributed by atoms with Crippen LogP contribution in [0.3, 0.4) is 0 Å². The summed E-state index contributed by atoms with van der Waals surface area (Å²) >= 11 is 0. The van der Waals surface area contributed by atoms with Gasteiger partial charge in [0.1, 0.15) is 0 Å². The predicted octanol–water partition coefficient (Wildman–Crippen LogP) is 3.13. The first-order chi connectivity index (χ1) is 11.7. The number of nitrogens with zero attached hydrogens (tertiary/aromatic N) is 3. The zero-order valence-electron chi connectivity index (χ0n) is 14.4. The third-order valence-electron chi connectivity index (χ3n) is 5.43. The van der Waals surface area contributed by atoms with Crippen molar-refractivity contribution < 1.29 is 4.79 Å². The van der Waals surface area contributed by atoms with Crippen molar-refractivity contribution >= 4 is 22.6 Å². The maximum Gasteiger partial charge on any atom is 0.321 e. The van der Waals surface area contributed by atoms with Crippen molar-refractivity contribution in [2.75, 3.05) is 38.0 Å². The van der Waals surface area contributed by atoms with Gasteiger partial charge in [0.2, 0.25) is 0 Å². The summed E-state index contributed by atoms with van der Waals surface area (Å²) in [4.78, 5) is 17.1. The molecule has 24 heavy (non-hydrogen) atoms. The highest BCUT2D eigenvalue weighted by molar-refractivity contribution is 5.93. The molecule has 0 saturated carbocycles. The fourth-order valence-corrected chi connectivity index (χ4v) is 4.04. The summed E-state index contributed by atoms with van der Waals surface area (Å²) in [5.74, 6) is 0.629. The van der Waals surface area contributed by atoms with E-state index in [1.165, 1.54) is 31.3 Å². The van der Waals surface area contributed by atoms with E-state index >= 15 is 0 Å². The molecule has 2 saturated heterocycles. The molecule has 1 atom stereocenters. The third-order valence-corrected chi connectivity index (χ3v) is 5.43. The van der Waals surface area contributed by atoms with Crippen LogP contribution >= 0.6 is 0 Å². The van der Waals surface area contributed by atoms with Gasteiger partial charge in [0.05, 0.1) is 0 Å². The number of nitrogens with one attached hydrogen (secondary N) is 1. The first-order valence-corrected chi connectivity index (χ1v) is 9.02. The van der Waals surface area contributed by atoms with Crippen LogP contribution in [0.2, 0.25) is 0 Å². The minimum atomic E-state index is 0.0347. The van der Waals surface area contributed by atoms with E-state index in [0.29, 0.717) is 5.92 Å². The Labute approximate surface area is 143 Å². The van der Waals surface area contributed by atoms with Crippen LogP contribution in [-0.4, -0.2) is 53.1 Å². The SMILES string of the molecule is Cn1ccc2ccc(NC(=O)N3CC[C@@H](CN4CCCC4)C3)cc21. The normalized spacial score (nSPS) is 21.7. The average Bonchev–Trinajstić information content (AvgIpc) is 3.31. The molecule has 3 heterocycles. The minimum absolute atomic E-state index is 0.0347. The summed E-state index contributed by atoms with van der Waals surface area (Å²) < 4.78 is 2.08. The first kappa shape index (κ1) is 15.5. The second-order valence-corrected chi connectivity index (χ2v) is 7.24. The summed E-state index contributed by atoms with van der Waals surface area (Å²) in [5.41, 5.74) is 2.01. The van der Waals surface area contributed by atoms with Crippen molar-refractivity contribution in [2.24, 2.45) is 13.0 Å². The fraction of sp³-hybridized carbons (Fsp3) is 0.526. The molecule has 0 bridgehead atoms. The van der Waals surface area contributed by atoms with Gasteiger partial charge in [0.25, 0.3) is 0 Å². The lowest BCUT2D eigenvalue weighted by Crippen LogP contribution is -2.34. The van der Waals surface area contributed by atoms with Crippen molar-refractivity contribution in [1.82, 2.24) is 14.4 Å². The molecule has 0 radical (unpaired) electrons. The van der Waals surface area contributed by atoms with E-state index in [1.54, 1.807) is 0 Å². The van der Waals surface area contributed by atoms with Crippen LogP contribution in [0.5, 0.6) is 0 Å². The second-order valence-electron chi connectivity index (χ2n) is 7.24. The molecule has 0 unspecified atom stereocenters. The van der Waals surface area contributed by atoms with Gasteiger partial charge < -0.3 is 19.7 Å². The molecule has 4 rings (SSSR count). The van der Waals surface area contributed by atoms with Gasteiger partial charge in [-0.1, -0.05) is 6.07 Å². The fourth-order valence-electron chi connectivity index (χ4n) is 4.04. The van der Waals surface area contributed by atoms with Gasteiger partial charge in [0.15, 0.2) is 0 Å². The zero-order valence-corrected chi connectivity index (χ0v) is 14.4. The molecule has 2 fully saturated rings. The molecular formula is C19H26N4O. The Morgan fingerprint density at radius 2 is 2.04 bits per heavy atom. The predicted molar refractivity (Wildman–Crippen MR) is 97.3 cm³/mol. The number of hydrogen-bond acceptors (Lipinski definition) is 2. The molecule has 5 heteroatoms. The Morgan fingerprint density at radius 1 is 1.21 bits per heavy atom. The summed E-state index contributed by atoms with van der Waals surface area (Å²) in [6, 6.07) is 8.21. The molecule has 2 aromatic rings. The lowest BCUT2D eigenvalue weighted by molar-refractivity contribution is 0.217. The Bertz CT molecular complexity index is 732. The molecule has 0 aliphatic carbocycles. The highest BCUT2D eigenvalue weighted by atomic mass is 16.2. The number of rotatable bonds is 3. The average molecular weight is 326 g/mol. The number of carbonyl (C=O) groups is 1. The quantitative estimate of drug-likeness (QED) is 0.941. The molecule has 1 N–H and O–H groups in total. The largest absolute Gasteiger partial charge is 0.350 e. The smallest absolute Gasteiger partial charge is 0.321 e. The number of aryl methyl sites for hydroxylation is 1. The highest BCUT2D eigenvalue weighted by Crippen LogP contribution is 2.23. The van der Waals surface area contributed by atoms with Gasteiger partial charge in [-0.05, 0) is 61.9 Å². The van der Waals surface area contributed by atoms with Gasteiger partial charge in [-0.2, -0.15) is 0 Å². The molecule has 2 aliphatic rings. The van der Waals surface area contributed by atoms with Crippen molar-refractivity contribution in [3.63, 3.8) is 0 Å². The number of carbonyl (C=O) groups excluding carboxylic acids is 1. The summed E-state index contributed by atoms with van der Waals surface area (Å²) in [6.07, 6.45) is 5.83. The standard InChI is InChI=1S/C19H26N4O/c1-21-10-7-16-4-5-17(12-18(16)21)20-19(24)23-11-6-15(14-23)13-22-8-2-3-9-22/h4-5,7,10,12,15H,2-3,6,8-9,11,13-14H2,1H3,(H,20,24)/t15-/m0/s1. The van der Waals surface area contributed by atoms with Gasteiger partial charge in [-0.15, -0.1) is 0 Å². The van der Waals surface area contributed by atoms with E-state index in [4.69, 9.17) is 0 Å². The highest BCUT2D eigenvalue weighted by Gasteiger charge is 2.28. The molecule has 1 aromatic heterocycles.